The summed E-state index contributed by atoms with van der Waals surface area (Å²) in [4.78, 5) is 24.5. The van der Waals surface area contributed by atoms with Gasteiger partial charge in [-0.1, -0.05) is 6.07 Å². The van der Waals surface area contributed by atoms with Crippen molar-refractivity contribution in [3.63, 3.8) is 0 Å². The summed E-state index contributed by atoms with van der Waals surface area (Å²) in [5.41, 5.74) is 2.97. The number of nitrogens with zero attached hydrogens (tertiary/aromatic N) is 3. The maximum absolute atomic E-state index is 11.9. The van der Waals surface area contributed by atoms with E-state index in [0.717, 1.165) is 21.8 Å². The van der Waals surface area contributed by atoms with E-state index in [9.17, 15) is 4.79 Å². The molecule has 3 rings (SSSR count). The van der Waals surface area contributed by atoms with Gasteiger partial charge in [-0.25, -0.2) is 4.98 Å². The Balaban J connectivity index is 1.49. The van der Waals surface area contributed by atoms with Gasteiger partial charge in [0.15, 0.2) is 0 Å². The summed E-state index contributed by atoms with van der Waals surface area (Å²) in [6, 6.07) is 7.66. The zero-order valence-corrected chi connectivity index (χ0v) is 13.3. The second kappa shape index (κ2) is 7.60. The third-order valence-corrected chi connectivity index (χ3v) is 4.21. The minimum Gasteiger partial charge on any atom is -0.352 e. The zero-order chi connectivity index (χ0) is 15.9. The molecule has 5 nitrogen and oxygen atoms in total. The van der Waals surface area contributed by atoms with Gasteiger partial charge in [0.05, 0.1) is 10.7 Å². The molecule has 3 aromatic rings. The van der Waals surface area contributed by atoms with Crippen molar-refractivity contribution in [2.24, 2.45) is 0 Å². The Morgan fingerprint density at radius 1 is 1.13 bits per heavy atom. The van der Waals surface area contributed by atoms with Crippen LogP contribution < -0.4 is 5.32 Å². The molecule has 0 radical (unpaired) electrons. The Hall–Kier alpha value is -2.60. The van der Waals surface area contributed by atoms with Crippen LogP contribution in [0.2, 0.25) is 0 Å². The molecular weight excluding hydrogens is 308 g/mol. The lowest BCUT2D eigenvalue weighted by atomic mass is 10.2. The first-order chi connectivity index (χ1) is 11.3. The standard InChI is InChI=1S/C17H16N4OS/c22-16(20-11-13-2-1-7-19-10-13)3-4-17-21-15(12-23-17)14-5-8-18-9-6-14/h1-2,5-10,12H,3-4,11H2,(H,20,22). The monoisotopic (exact) mass is 324 g/mol. The summed E-state index contributed by atoms with van der Waals surface area (Å²) in [5, 5.41) is 5.88. The molecular formula is C17H16N4OS. The van der Waals surface area contributed by atoms with Crippen LogP contribution in [0.5, 0.6) is 0 Å². The Morgan fingerprint density at radius 3 is 2.78 bits per heavy atom. The number of aryl methyl sites for hydroxylation is 1. The first-order valence-corrected chi connectivity index (χ1v) is 8.19. The van der Waals surface area contributed by atoms with Crippen LogP contribution in [0.3, 0.4) is 0 Å². The maximum Gasteiger partial charge on any atom is 0.220 e. The van der Waals surface area contributed by atoms with Gasteiger partial charge in [0.2, 0.25) is 5.91 Å². The van der Waals surface area contributed by atoms with E-state index in [1.54, 1.807) is 36.1 Å². The highest BCUT2D eigenvalue weighted by molar-refractivity contribution is 7.09. The highest BCUT2D eigenvalue weighted by Gasteiger charge is 2.07. The number of aromatic nitrogens is 3. The smallest absolute Gasteiger partial charge is 0.220 e. The molecule has 3 heterocycles. The van der Waals surface area contributed by atoms with Crippen LogP contribution in [0, 0.1) is 0 Å². The van der Waals surface area contributed by atoms with Crippen LogP contribution in [0.4, 0.5) is 0 Å². The highest BCUT2D eigenvalue weighted by Crippen LogP contribution is 2.21. The fourth-order valence-electron chi connectivity index (χ4n) is 2.09. The molecule has 0 atom stereocenters. The van der Waals surface area contributed by atoms with Gasteiger partial charge in [-0.3, -0.25) is 14.8 Å². The topological polar surface area (TPSA) is 67.8 Å². The van der Waals surface area contributed by atoms with Crippen molar-refractivity contribution in [2.75, 3.05) is 0 Å². The second-order valence-electron chi connectivity index (χ2n) is 5.00. The molecule has 0 bridgehead atoms. The molecule has 116 valence electrons. The van der Waals surface area contributed by atoms with Gasteiger partial charge in [0, 0.05) is 55.1 Å². The SMILES string of the molecule is O=C(CCc1nc(-c2ccncc2)cs1)NCc1cccnc1. The third kappa shape index (κ3) is 4.43. The molecule has 23 heavy (non-hydrogen) atoms. The van der Waals surface area contributed by atoms with Gasteiger partial charge >= 0.3 is 0 Å². The minimum atomic E-state index is 0.0227. The van der Waals surface area contributed by atoms with E-state index in [1.165, 1.54) is 0 Å². The average molecular weight is 324 g/mol. The Labute approximate surface area is 138 Å². The molecule has 1 N–H and O–H groups in total. The summed E-state index contributed by atoms with van der Waals surface area (Å²) in [6.45, 7) is 0.507. The van der Waals surface area contributed by atoms with Crippen molar-refractivity contribution in [1.29, 1.82) is 0 Å². The molecule has 0 aliphatic heterocycles. The minimum absolute atomic E-state index is 0.0227. The predicted octanol–water partition coefficient (Wildman–Crippen LogP) is 2.85. The van der Waals surface area contributed by atoms with Gasteiger partial charge < -0.3 is 5.32 Å². The molecule has 3 aromatic heterocycles. The molecule has 0 aliphatic rings. The van der Waals surface area contributed by atoms with E-state index in [4.69, 9.17) is 0 Å². The van der Waals surface area contributed by atoms with Crippen molar-refractivity contribution in [3.8, 4) is 11.3 Å². The van der Waals surface area contributed by atoms with Crippen LogP contribution in [-0.4, -0.2) is 20.9 Å². The van der Waals surface area contributed by atoms with Crippen LogP contribution in [0.1, 0.15) is 17.0 Å². The van der Waals surface area contributed by atoms with E-state index in [0.29, 0.717) is 19.4 Å². The van der Waals surface area contributed by atoms with Crippen LogP contribution >= 0.6 is 11.3 Å². The molecule has 0 fully saturated rings. The van der Waals surface area contributed by atoms with E-state index in [-0.39, 0.29) is 5.91 Å². The van der Waals surface area contributed by atoms with E-state index < -0.39 is 0 Å². The van der Waals surface area contributed by atoms with E-state index in [1.807, 2.05) is 29.6 Å². The molecule has 0 saturated heterocycles. The molecule has 1 amide bonds. The molecule has 0 unspecified atom stereocenters. The number of hydrogen-bond donors (Lipinski definition) is 1. The van der Waals surface area contributed by atoms with E-state index in [2.05, 4.69) is 20.3 Å². The summed E-state index contributed by atoms with van der Waals surface area (Å²) >= 11 is 1.58. The number of amides is 1. The van der Waals surface area contributed by atoms with Gasteiger partial charge in [0.1, 0.15) is 0 Å². The highest BCUT2D eigenvalue weighted by atomic mass is 32.1. The fraction of sp³-hybridized carbons (Fsp3) is 0.176. The van der Waals surface area contributed by atoms with Crippen molar-refractivity contribution in [2.45, 2.75) is 19.4 Å². The Morgan fingerprint density at radius 2 is 2.00 bits per heavy atom. The van der Waals surface area contributed by atoms with Crippen molar-refractivity contribution < 1.29 is 4.79 Å². The lowest BCUT2D eigenvalue weighted by molar-refractivity contribution is -0.121. The Bertz CT molecular complexity index is 759. The normalized spacial score (nSPS) is 10.4. The number of nitrogens with one attached hydrogen (secondary N) is 1. The summed E-state index contributed by atoms with van der Waals surface area (Å²) in [6.07, 6.45) is 8.05. The van der Waals surface area contributed by atoms with Crippen molar-refractivity contribution in [3.05, 3.63) is 65.0 Å². The predicted molar refractivity (Wildman–Crippen MR) is 89.7 cm³/mol. The number of rotatable bonds is 6. The summed E-state index contributed by atoms with van der Waals surface area (Å²) in [7, 11) is 0. The molecule has 0 spiro atoms. The van der Waals surface area contributed by atoms with Crippen LogP contribution in [0.25, 0.3) is 11.3 Å². The molecule has 0 aromatic carbocycles. The maximum atomic E-state index is 11.9. The number of carbonyl (C=O) groups excluding carboxylic acids is 1. The van der Waals surface area contributed by atoms with Crippen LogP contribution in [-0.2, 0) is 17.8 Å². The average Bonchev–Trinajstić information content (AvgIpc) is 3.09. The lowest BCUT2D eigenvalue weighted by Crippen LogP contribution is -2.23. The number of hydrogen-bond acceptors (Lipinski definition) is 5. The Kier molecular flexibility index (Phi) is 5.06. The van der Waals surface area contributed by atoms with Crippen LogP contribution in [0.15, 0.2) is 54.4 Å². The lowest BCUT2D eigenvalue weighted by Gasteiger charge is -2.04. The first kappa shape index (κ1) is 15.3. The number of carbonyl (C=O) groups is 1. The van der Waals surface area contributed by atoms with Crippen molar-refractivity contribution >= 4 is 17.2 Å². The third-order valence-electron chi connectivity index (χ3n) is 3.31. The first-order valence-electron chi connectivity index (χ1n) is 7.31. The summed E-state index contributed by atoms with van der Waals surface area (Å²) < 4.78 is 0. The molecule has 0 saturated carbocycles. The van der Waals surface area contributed by atoms with Gasteiger partial charge in [-0.2, -0.15) is 0 Å². The van der Waals surface area contributed by atoms with Gasteiger partial charge in [-0.05, 0) is 23.8 Å². The quantitative estimate of drug-likeness (QED) is 0.757. The second-order valence-corrected chi connectivity index (χ2v) is 5.94. The molecule has 6 heteroatoms. The van der Waals surface area contributed by atoms with Gasteiger partial charge in [-0.15, -0.1) is 11.3 Å². The molecule has 0 aliphatic carbocycles. The number of pyridine rings is 2. The van der Waals surface area contributed by atoms with Crippen molar-refractivity contribution in [1.82, 2.24) is 20.3 Å². The summed E-state index contributed by atoms with van der Waals surface area (Å²) in [5.74, 6) is 0.0227. The van der Waals surface area contributed by atoms with E-state index >= 15 is 0 Å². The number of thiazole rings is 1. The van der Waals surface area contributed by atoms with Gasteiger partial charge in [0.25, 0.3) is 0 Å². The fourth-order valence-corrected chi connectivity index (χ4v) is 2.90. The largest absolute Gasteiger partial charge is 0.352 e. The zero-order valence-electron chi connectivity index (χ0n) is 12.5.